The standard InChI is InChI=1S/C8H13NO4Si/c1-13-8-5-3-2-4-7(8)6-9-14(10,11)12/h2-5,9-12H,6H2,1H3. The van der Waals surface area contributed by atoms with Crippen molar-refractivity contribution < 1.29 is 19.1 Å². The summed E-state index contributed by atoms with van der Waals surface area (Å²) in [6.07, 6.45) is 0. The molecule has 4 N–H and O–H groups in total. The first-order valence-electron chi connectivity index (χ1n) is 4.07. The van der Waals surface area contributed by atoms with Crippen LogP contribution in [0.15, 0.2) is 24.3 Å². The molecule has 0 fully saturated rings. The molecule has 78 valence electrons. The van der Waals surface area contributed by atoms with Gasteiger partial charge in [0.15, 0.2) is 0 Å². The fraction of sp³-hybridized carbons (Fsp3) is 0.250. The van der Waals surface area contributed by atoms with E-state index in [0.29, 0.717) is 5.75 Å². The van der Waals surface area contributed by atoms with E-state index in [1.54, 1.807) is 18.2 Å². The highest BCUT2D eigenvalue weighted by Gasteiger charge is 2.26. The van der Waals surface area contributed by atoms with E-state index in [9.17, 15) is 0 Å². The highest BCUT2D eigenvalue weighted by Crippen LogP contribution is 2.16. The molecule has 14 heavy (non-hydrogen) atoms. The van der Waals surface area contributed by atoms with Gasteiger partial charge in [0.05, 0.1) is 7.11 Å². The summed E-state index contributed by atoms with van der Waals surface area (Å²) in [5.41, 5.74) is 0.754. The first kappa shape index (κ1) is 11.2. The van der Waals surface area contributed by atoms with Gasteiger partial charge in [0.25, 0.3) is 0 Å². The predicted molar refractivity (Wildman–Crippen MR) is 52.2 cm³/mol. The largest absolute Gasteiger partial charge is 0.588 e. The zero-order valence-corrected chi connectivity index (χ0v) is 8.77. The average Bonchev–Trinajstić information content (AvgIpc) is 2.14. The van der Waals surface area contributed by atoms with Gasteiger partial charge in [-0.2, -0.15) is 0 Å². The molecule has 0 heterocycles. The van der Waals surface area contributed by atoms with Gasteiger partial charge in [-0.15, -0.1) is 0 Å². The van der Waals surface area contributed by atoms with Crippen LogP contribution >= 0.6 is 0 Å². The van der Waals surface area contributed by atoms with Gasteiger partial charge in [0, 0.05) is 12.1 Å². The van der Waals surface area contributed by atoms with Crippen molar-refractivity contribution in [3.05, 3.63) is 29.8 Å². The maximum Gasteiger partial charge on any atom is 0.588 e. The Morgan fingerprint density at radius 3 is 2.50 bits per heavy atom. The van der Waals surface area contributed by atoms with Gasteiger partial charge in [-0.1, -0.05) is 18.2 Å². The number of ether oxygens (including phenoxy) is 1. The van der Waals surface area contributed by atoms with Crippen LogP contribution in [0.5, 0.6) is 5.75 Å². The molecule has 0 unspecified atom stereocenters. The van der Waals surface area contributed by atoms with Crippen LogP contribution in [0.25, 0.3) is 0 Å². The Morgan fingerprint density at radius 2 is 1.93 bits per heavy atom. The van der Waals surface area contributed by atoms with Gasteiger partial charge < -0.3 is 19.1 Å². The van der Waals surface area contributed by atoms with E-state index in [-0.39, 0.29) is 6.54 Å². The average molecular weight is 215 g/mol. The summed E-state index contributed by atoms with van der Waals surface area (Å²) >= 11 is 0. The van der Waals surface area contributed by atoms with Gasteiger partial charge in [0.2, 0.25) is 0 Å². The third-order valence-electron chi connectivity index (χ3n) is 1.71. The predicted octanol–water partition coefficient (Wildman–Crippen LogP) is -0.803. The quantitative estimate of drug-likeness (QED) is 0.494. The molecule has 5 nitrogen and oxygen atoms in total. The van der Waals surface area contributed by atoms with Gasteiger partial charge in [-0.25, -0.2) is 0 Å². The van der Waals surface area contributed by atoms with Gasteiger partial charge in [-0.3, -0.25) is 4.98 Å². The van der Waals surface area contributed by atoms with E-state index in [1.807, 2.05) is 6.07 Å². The molecule has 1 aromatic rings. The Kier molecular flexibility index (Phi) is 3.61. The first-order chi connectivity index (χ1) is 6.53. The lowest BCUT2D eigenvalue weighted by Crippen LogP contribution is -2.51. The summed E-state index contributed by atoms with van der Waals surface area (Å²) in [5.74, 6) is 0.637. The van der Waals surface area contributed by atoms with E-state index in [0.717, 1.165) is 5.56 Å². The van der Waals surface area contributed by atoms with Crippen LogP contribution in [0, 0.1) is 0 Å². The minimum absolute atomic E-state index is 0.153. The Labute approximate surface area is 83.0 Å². The molecule has 0 amide bonds. The zero-order valence-electron chi connectivity index (χ0n) is 7.77. The lowest BCUT2D eigenvalue weighted by Gasteiger charge is -2.12. The van der Waals surface area contributed by atoms with E-state index in [1.165, 1.54) is 7.11 Å². The Bertz CT molecular complexity index is 300. The smallest absolute Gasteiger partial charge is 0.496 e. The Morgan fingerprint density at radius 1 is 1.29 bits per heavy atom. The summed E-state index contributed by atoms with van der Waals surface area (Å²) in [5, 5.41) is 0. The van der Waals surface area contributed by atoms with E-state index >= 15 is 0 Å². The fourth-order valence-electron chi connectivity index (χ4n) is 1.06. The van der Waals surface area contributed by atoms with Crippen molar-refractivity contribution in [2.24, 2.45) is 0 Å². The van der Waals surface area contributed by atoms with E-state index in [4.69, 9.17) is 19.1 Å². The first-order valence-corrected chi connectivity index (χ1v) is 5.91. The number of methoxy groups -OCH3 is 1. The number of hydrogen-bond acceptors (Lipinski definition) is 5. The van der Waals surface area contributed by atoms with Crippen molar-refractivity contribution in [1.82, 2.24) is 4.98 Å². The molecule has 0 bridgehead atoms. The molecular weight excluding hydrogens is 202 g/mol. The number of benzene rings is 1. The van der Waals surface area contributed by atoms with E-state index in [2.05, 4.69) is 4.98 Å². The molecule has 6 heteroatoms. The molecule has 1 rings (SSSR count). The van der Waals surface area contributed by atoms with E-state index < -0.39 is 8.97 Å². The molecule has 0 saturated carbocycles. The van der Waals surface area contributed by atoms with Crippen LogP contribution in [0.4, 0.5) is 0 Å². The second-order valence-electron chi connectivity index (χ2n) is 2.80. The van der Waals surface area contributed by atoms with Crippen LogP contribution in [0.2, 0.25) is 0 Å². The highest BCUT2D eigenvalue weighted by molar-refractivity contribution is 6.53. The lowest BCUT2D eigenvalue weighted by atomic mass is 10.2. The number of rotatable bonds is 4. The van der Waals surface area contributed by atoms with Crippen molar-refractivity contribution >= 4 is 8.97 Å². The molecule has 0 atom stereocenters. The molecule has 0 saturated heterocycles. The maximum atomic E-state index is 8.74. The van der Waals surface area contributed by atoms with Crippen molar-refractivity contribution in [1.29, 1.82) is 0 Å². The topological polar surface area (TPSA) is 82.0 Å². The van der Waals surface area contributed by atoms with Crippen molar-refractivity contribution in [2.45, 2.75) is 6.54 Å². The number of para-hydroxylation sites is 1. The summed E-state index contributed by atoms with van der Waals surface area (Å²) in [7, 11) is -2.65. The molecule has 1 aromatic carbocycles. The van der Waals surface area contributed by atoms with Crippen molar-refractivity contribution in [3.63, 3.8) is 0 Å². The molecule has 0 radical (unpaired) electrons. The Hall–Kier alpha value is -0.923. The summed E-state index contributed by atoms with van der Waals surface area (Å²) in [4.78, 5) is 28.5. The Balaban J connectivity index is 2.67. The summed E-state index contributed by atoms with van der Waals surface area (Å²) in [6.45, 7) is 0.153. The third-order valence-corrected chi connectivity index (χ3v) is 2.36. The van der Waals surface area contributed by atoms with Crippen molar-refractivity contribution in [2.75, 3.05) is 7.11 Å². The normalized spacial score (nSPS) is 11.4. The van der Waals surface area contributed by atoms with Gasteiger partial charge in [0.1, 0.15) is 5.75 Å². The zero-order chi connectivity index (χ0) is 10.6. The van der Waals surface area contributed by atoms with Crippen LogP contribution in [-0.2, 0) is 6.54 Å². The van der Waals surface area contributed by atoms with Gasteiger partial charge in [-0.05, 0) is 6.07 Å². The molecule has 0 aliphatic rings. The van der Waals surface area contributed by atoms with Gasteiger partial charge >= 0.3 is 8.97 Å². The van der Waals surface area contributed by atoms with Crippen LogP contribution in [0.1, 0.15) is 5.56 Å². The number of nitrogens with one attached hydrogen (secondary N) is 1. The minimum Gasteiger partial charge on any atom is -0.496 e. The van der Waals surface area contributed by atoms with Crippen molar-refractivity contribution in [3.8, 4) is 5.75 Å². The molecular formula is C8H13NO4Si. The number of hydrogen-bond donors (Lipinski definition) is 4. The molecule has 0 aliphatic carbocycles. The monoisotopic (exact) mass is 215 g/mol. The van der Waals surface area contributed by atoms with Crippen LogP contribution in [0.3, 0.4) is 0 Å². The second-order valence-corrected chi connectivity index (χ2v) is 4.43. The third kappa shape index (κ3) is 3.44. The maximum absolute atomic E-state index is 8.74. The molecule has 0 spiro atoms. The molecule has 0 aliphatic heterocycles. The lowest BCUT2D eigenvalue weighted by molar-refractivity contribution is 0.208. The summed E-state index contributed by atoms with van der Waals surface area (Å²) < 4.78 is 5.04. The second kappa shape index (κ2) is 4.53. The fourth-order valence-corrected chi connectivity index (χ4v) is 1.49. The van der Waals surface area contributed by atoms with Crippen LogP contribution in [-0.4, -0.2) is 30.5 Å². The SMILES string of the molecule is COc1ccccc1CN[Si](O)(O)O. The summed E-state index contributed by atoms with van der Waals surface area (Å²) in [6, 6.07) is 7.14. The minimum atomic E-state index is -4.18. The molecule has 0 aromatic heterocycles. The van der Waals surface area contributed by atoms with Crippen LogP contribution < -0.4 is 9.72 Å². The highest BCUT2D eigenvalue weighted by atomic mass is 28.4.